The third-order valence-corrected chi connectivity index (χ3v) is 3.38. The summed E-state index contributed by atoms with van der Waals surface area (Å²) in [6.07, 6.45) is 1.01. The smallest absolute Gasteiger partial charge is 0.315 e. The summed E-state index contributed by atoms with van der Waals surface area (Å²) in [5.41, 5.74) is 8.95. The van der Waals surface area contributed by atoms with Crippen molar-refractivity contribution in [3.05, 3.63) is 57.6 Å². The molecule has 0 aliphatic carbocycles. The van der Waals surface area contributed by atoms with E-state index in [0.717, 1.165) is 0 Å². The number of nitro benzene ring substituents is 1. The van der Waals surface area contributed by atoms with Crippen molar-refractivity contribution in [1.29, 1.82) is 0 Å². The molecule has 0 saturated carbocycles. The molecular formula is C18H20N4O5. The number of nitrogens with one attached hydrogen (secondary N) is 1. The fraction of sp³-hybridized carbons (Fsp3) is 0.222. The van der Waals surface area contributed by atoms with Crippen LogP contribution in [0.1, 0.15) is 29.8 Å². The van der Waals surface area contributed by atoms with E-state index in [-0.39, 0.29) is 23.3 Å². The molecule has 27 heavy (non-hydrogen) atoms. The first kappa shape index (κ1) is 19.7. The first-order valence-electron chi connectivity index (χ1n) is 8.04. The lowest BCUT2D eigenvalue weighted by Crippen LogP contribution is -2.17. The summed E-state index contributed by atoms with van der Waals surface area (Å²) in [6.45, 7) is 3.51. The summed E-state index contributed by atoms with van der Waals surface area (Å²) in [5.74, 6) is -0.197. The van der Waals surface area contributed by atoms with Crippen LogP contribution in [0.5, 0.6) is 11.5 Å². The molecule has 0 atom stereocenters. The molecule has 142 valence electrons. The lowest BCUT2D eigenvalue weighted by atomic mass is 10.2. The molecule has 2 rings (SSSR count). The van der Waals surface area contributed by atoms with Crippen molar-refractivity contribution in [2.45, 2.75) is 20.0 Å². The number of benzene rings is 2. The van der Waals surface area contributed by atoms with E-state index < -0.39 is 10.8 Å². The third-order valence-electron chi connectivity index (χ3n) is 3.38. The molecule has 2 aromatic rings. The van der Waals surface area contributed by atoms with Gasteiger partial charge in [-0.25, -0.2) is 5.43 Å². The molecule has 0 unspecified atom stereocenters. The van der Waals surface area contributed by atoms with E-state index in [9.17, 15) is 14.9 Å². The Morgan fingerprint density at radius 3 is 2.52 bits per heavy atom. The van der Waals surface area contributed by atoms with Crippen molar-refractivity contribution < 1.29 is 19.2 Å². The van der Waals surface area contributed by atoms with Gasteiger partial charge in [0.05, 0.1) is 24.4 Å². The normalized spacial score (nSPS) is 10.8. The number of anilines is 1. The topological polar surface area (TPSA) is 129 Å². The average molecular weight is 372 g/mol. The Balaban J connectivity index is 2.23. The highest BCUT2D eigenvalue weighted by atomic mass is 16.6. The minimum atomic E-state index is -0.565. The first-order chi connectivity index (χ1) is 12.8. The van der Waals surface area contributed by atoms with Crippen LogP contribution in [0.25, 0.3) is 0 Å². The molecule has 0 radical (unpaired) electrons. The van der Waals surface area contributed by atoms with Crippen molar-refractivity contribution >= 4 is 23.5 Å². The molecule has 9 nitrogen and oxygen atoms in total. The number of carbonyl (C=O) groups excluding carboxylic acids is 1. The second-order valence-corrected chi connectivity index (χ2v) is 5.82. The summed E-state index contributed by atoms with van der Waals surface area (Å²) in [5, 5.41) is 15.2. The fourth-order valence-corrected chi connectivity index (χ4v) is 2.19. The Morgan fingerprint density at radius 2 is 1.96 bits per heavy atom. The second kappa shape index (κ2) is 8.65. The Hall–Kier alpha value is -3.62. The van der Waals surface area contributed by atoms with Crippen LogP contribution >= 0.6 is 0 Å². The van der Waals surface area contributed by atoms with Crippen molar-refractivity contribution in [2.24, 2.45) is 5.10 Å². The van der Waals surface area contributed by atoms with Crippen molar-refractivity contribution in [3.8, 4) is 11.5 Å². The number of nitrogens with zero attached hydrogens (tertiary/aromatic N) is 2. The number of hydrazone groups is 1. The summed E-state index contributed by atoms with van der Waals surface area (Å²) in [6, 6.07) is 9.14. The van der Waals surface area contributed by atoms with Crippen LogP contribution in [-0.2, 0) is 0 Å². The zero-order chi connectivity index (χ0) is 20.0. The number of carbonyl (C=O) groups is 1. The Morgan fingerprint density at radius 1 is 1.30 bits per heavy atom. The van der Waals surface area contributed by atoms with Gasteiger partial charge in [-0.2, -0.15) is 5.10 Å². The van der Waals surface area contributed by atoms with Gasteiger partial charge in [0.15, 0.2) is 5.75 Å². The van der Waals surface area contributed by atoms with Gasteiger partial charge in [0, 0.05) is 22.9 Å². The molecule has 0 saturated heterocycles. The van der Waals surface area contributed by atoms with Gasteiger partial charge >= 0.3 is 5.69 Å². The SMILES string of the molecule is COc1cc(/C=N\NC(=O)c2ccc(N)cc2)cc([N+](=O)[O-])c1OC(C)C. The van der Waals surface area contributed by atoms with Crippen LogP contribution < -0.4 is 20.6 Å². The lowest BCUT2D eigenvalue weighted by molar-refractivity contribution is -0.386. The van der Waals surface area contributed by atoms with Crippen molar-refractivity contribution in [1.82, 2.24) is 5.43 Å². The zero-order valence-electron chi connectivity index (χ0n) is 15.1. The van der Waals surface area contributed by atoms with Crippen LogP contribution in [-0.4, -0.2) is 30.3 Å². The Labute approximate surface area is 155 Å². The van der Waals surface area contributed by atoms with E-state index in [2.05, 4.69) is 10.5 Å². The maximum absolute atomic E-state index is 12.0. The molecule has 3 N–H and O–H groups in total. The molecule has 2 aromatic carbocycles. The maximum atomic E-state index is 12.0. The Kier molecular flexibility index (Phi) is 6.32. The molecule has 0 spiro atoms. The monoisotopic (exact) mass is 372 g/mol. The fourth-order valence-electron chi connectivity index (χ4n) is 2.19. The zero-order valence-corrected chi connectivity index (χ0v) is 15.1. The van der Waals surface area contributed by atoms with E-state index in [4.69, 9.17) is 15.2 Å². The number of nitrogen functional groups attached to an aromatic ring is 1. The maximum Gasteiger partial charge on any atom is 0.315 e. The number of ether oxygens (including phenoxy) is 2. The Bertz CT molecular complexity index is 863. The van der Waals surface area contributed by atoms with Crippen molar-refractivity contribution in [3.63, 3.8) is 0 Å². The third kappa shape index (κ3) is 5.18. The lowest BCUT2D eigenvalue weighted by Gasteiger charge is -2.14. The van der Waals surface area contributed by atoms with Gasteiger partial charge in [-0.05, 0) is 44.2 Å². The van der Waals surface area contributed by atoms with Gasteiger partial charge in [0.25, 0.3) is 5.91 Å². The first-order valence-corrected chi connectivity index (χ1v) is 8.04. The van der Waals surface area contributed by atoms with Gasteiger partial charge in [-0.3, -0.25) is 14.9 Å². The van der Waals surface area contributed by atoms with Gasteiger partial charge in [-0.15, -0.1) is 0 Å². The molecule has 0 aliphatic rings. The van der Waals surface area contributed by atoms with Gasteiger partial charge < -0.3 is 15.2 Å². The molecular weight excluding hydrogens is 352 g/mol. The van der Waals surface area contributed by atoms with Crippen LogP contribution in [0.15, 0.2) is 41.5 Å². The molecule has 0 heterocycles. The predicted octanol–water partition coefficient (Wildman–Crippen LogP) is 2.74. The highest BCUT2D eigenvalue weighted by Gasteiger charge is 2.23. The highest BCUT2D eigenvalue weighted by Crippen LogP contribution is 2.38. The van der Waals surface area contributed by atoms with Gasteiger partial charge in [0.2, 0.25) is 5.75 Å². The standard InChI is InChI=1S/C18H20N4O5/c1-11(2)27-17-15(22(24)25)8-12(9-16(17)26-3)10-20-21-18(23)13-4-6-14(19)7-5-13/h4-11H,19H2,1-3H3,(H,21,23)/b20-10-. The molecule has 9 heteroatoms. The number of methoxy groups -OCH3 is 1. The molecule has 0 fully saturated rings. The number of hydrogen-bond acceptors (Lipinski definition) is 7. The average Bonchev–Trinajstić information content (AvgIpc) is 2.62. The molecule has 0 aromatic heterocycles. The number of amides is 1. The van der Waals surface area contributed by atoms with E-state index >= 15 is 0 Å². The highest BCUT2D eigenvalue weighted by molar-refractivity contribution is 5.95. The van der Waals surface area contributed by atoms with Gasteiger partial charge in [0.1, 0.15) is 0 Å². The van der Waals surface area contributed by atoms with Crippen molar-refractivity contribution in [2.75, 3.05) is 12.8 Å². The quantitative estimate of drug-likeness (QED) is 0.333. The molecule has 0 aliphatic heterocycles. The largest absolute Gasteiger partial charge is 0.493 e. The summed E-state index contributed by atoms with van der Waals surface area (Å²) < 4.78 is 10.7. The van der Waals surface area contributed by atoms with E-state index in [1.807, 2.05) is 0 Å². The van der Waals surface area contributed by atoms with E-state index in [1.54, 1.807) is 38.1 Å². The van der Waals surface area contributed by atoms with Crippen LogP contribution in [0, 0.1) is 10.1 Å². The van der Waals surface area contributed by atoms with E-state index in [1.165, 1.54) is 25.5 Å². The minimum Gasteiger partial charge on any atom is -0.493 e. The van der Waals surface area contributed by atoms with Crippen LogP contribution in [0.2, 0.25) is 0 Å². The molecule has 0 bridgehead atoms. The predicted molar refractivity (Wildman–Crippen MR) is 101 cm³/mol. The summed E-state index contributed by atoms with van der Waals surface area (Å²) in [7, 11) is 1.38. The van der Waals surface area contributed by atoms with Crippen LogP contribution in [0.4, 0.5) is 11.4 Å². The second-order valence-electron chi connectivity index (χ2n) is 5.82. The van der Waals surface area contributed by atoms with E-state index in [0.29, 0.717) is 16.8 Å². The number of rotatable bonds is 7. The van der Waals surface area contributed by atoms with Gasteiger partial charge in [-0.1, -0.05) is 0 Å². The summed E-state index contributed by atoms with van der Waals surface area (Å²) in [4.78, 5) is 22.8. The summed E-state index contributed by atoms with van der Waals surface area (Å²) >= 11 is 0. The van der Waals surface area contributed by atoms with Crippen LogP contribution in [0.3, 0.4) is 0 Å². The number of nitro groups is 1. The number of hydrogen-bond donors (Lipinski definition) is 2. The molecule has 1 amide bonds. The minimum absolute atomic E-state index is 0.0422. The number of nitrogens with two attached hydrogens (primary N) is 1.